The first-order chi connectivity index (χ1) is 9.20. The molecule has 2 rings (SSSR count). The number of aliphatic hydroxyl groups excluding tert-OH is 1. The van der Waals surface area contributed by atoms with Gasteiger partial charge in [0.2, 0.25) is 0 Å². The van der Waals surface area contributed by atoms with Gasteiger partial charge in [0.05, 0.1) is 0 Å². The highest BCUT2D eigenvalue weighted by Crippen LogP contribution is 2.16. The summed E-state index contributed by atoms with van der Waals surface area (Å²) in [6.45, 7) is 3.64. The summed E-state index contributed by atoms with van der Waals surface area (Å²) in [6.07, 6.45) is 2.38. The molecule has 0 saturated carbocycles. The number of benzene rings is 1. The third kappa shape index (κ3) is 3.70. The molecule has 1 aromatic carbocycles. The van der Waals surface area contributed by atoms with Crippen molar-refractivity contribution in [1.82, 2.24) is 4.90 Å². The van der Waals surface area contributed by atoms with Gasteiger partial charge in [0.1, 0.15) is 5.75 Å². The molecule has 1 amide bonds. The first kappa shape index (κ1) is 13.9. The van der Waals surface area contributed by atoms with Crippen LogP contribution in [0.4, 0.5) is 0 Å². The minimum atomic E-state index is -0.443. The summed E-state index contributed by atoms with van der Waals surface area (Å²) in [7, 11) is 0. The summed E-state index contributed by atoms with van der Waals surface area (Å²) in [5, 5.41) is 8.85. The Labute approximate surface area is 114 Å². The van der Waals surface area contributed by atoms with E-state index in [4.69, 9.17) is 9.84 Å². The monoisotopic (exact) mass is 263 g/mol. The smallest absolute Gasteiger partial charge is 0.263 e. The SMILES string of the molecule is CC(Oc1ccc(CCO)cc1)C(=O)N1CCCC1. The predicted molar refractivity (Wildman–Crippen MR) is 73.1 cm³/mol. The zero-order chi connectivity index (χ0) is 13.7. The topological polar surface area (TPSA) is 49.8 Å². The lowest BCUT2D eigenvalue weighted by Gasteiger charge is -2.21. The fourth-order valence-corrected chi connectivity index (χ4v) is 2.31. The molecule has 1 heterocycles. The minimum Gasteiger partial charge on any atom is -0.481 e. The van der Waals surface area contributed by atoms with Gasteiger partial charge in [-0.15, -0.1) is 0 Å². The van der Waals surface area contributed by atoms with Crippen LogP contribution in [0, 0.1) is 0 Å². The molecule has 19 heavy (non-hydrogen) atoms. The molecule has 1 fully saturated rings. The van der Waals surface area contributed by atoms with Gasteiger partial charge in [-0.05, 0) is 43.9 Å². The minimum absolute atomic E-state index is 0.0666. The maximum atomic E-state index is 12.1. The van der Waals surface area contributed by atoms with E-state index < -0.39 is 6.10 Å². The summed E-state index contributed by atoms with van der Waals surface area (Å²) in [4.78, 5) is 14.0. The van der Waals surface area contributed by atoms with Crippen molar-refractivity contribution in [2.75, 3.05) is 19.7 Å². The van der Waals surface area contributed by atoms with E-state index in [9.17, 15) is 4.79 Å². The highest BCUT2D eigenvalue weighted by Gasteiger charge is 2.24. The molecule has 1 saturated heterocycles. The van der Waals surface area contributed by atoms with Gasteiger partial charge in [0.15, 0.2) is 6.10 Å². The first-order valence-corrected chi connectivity index (χ1v) is 6.86. The number of likely N-dealkylation sites (tertiary alicyclic amines) is 1. The van der Waals surface area contributed by atoms with E-state index in [1.165, 1.54) is 0 Å². The third-order valence-corrected chi connectivity index (χ3v) is 3.40. The molecule has 104 valence electrons. The van der Waals surface area contributed by atoms with Crippen molar-refractivity contribution in [2.45, 2.75) is 32.3 Å². The Hall–Kier alpha value is -1.55. The van der Waals surface area contributed by atoms with Gasteiger partial charge in [0, 0.05) is 19.7 Å². The average Bonchev–Trinajstić information content (AvgIpc) is 2.94. The third-order valence-electron chi connectivity index (χ3n) is 3.40. The number of hydrogen-bond donors (Lipinski definition) is 1. The molecule has 1 atom stereocenters. The quantitative estimate of drug-likeness (QED) is 0.878. The van der Waals surface area contributed by atoms with Crippen molar-refractivity contribution in [1.29, 1.82) is 0 Å². The van der Waals surface area contributed by atoms with Crippen molar-refractivity contribution < 1.29 is 14.6 Å². The molecule has 1 N–H and O–H groups in total. The van der Waals surface area contributed by atoms with Crippen molar-refractivity contribution in [3.05, 3.63) is 29.8 Å². The fraction of sp³-hybridized carbons (Fsp3) is 0.533. The van der Waals surface area contributed by atoms with Crippen molar-refractivity contribution in [2.24, 2.45) is 0 Å². The second kappa shape index (κ2) is 6.57. The van der Waals surface area contributed by atoms with Crippen molar-refractivity contribution in [3.63, 3.8) is 0 Å². The molecular formula is C15H21NO3. The number of hydrogen-bond acceptors (Lipinski definition) is 3. The van der Waals surface area contributed by atoms with Crippen LogP contribution in [0.3, 0.4) is 0 Å². The zero-order valence-electron chi connectivity index (χ0n) is 11.3. The molecule has 0 aromatic heterocycles. The summed E-state index contributed by atoms with van der Waals surface area (Å²) in [6, 6.07) is 7.52. The molecule has 0 bridgehead atoms. The standard InChI is InChI=1S/C15H21NO3/c1-12(15(18)16-9-2-3-10-16)19-14-6-4-13(5-7-14)8-11-17/h4-7,12,17H,2-3,8-11H2,1H3. The summed E-state index contributed by atoms with van der Waals surface area (Å²) >= 11 is 0. The highest BCUT2D eigenvalue weighted by molar-refractivity contribution is 5.81. The maximum Gasteiger partial charge on any atom is 0.263 e. The number of carbonyl (C=O) groups is 1. The van der Waals surface area contributed by atoms with E-state index >= 15 is 0 Å². The molecule has 0 radical (unpaired) electrons. The summed E-state index contributed by atoms with van der Waals surface area (Å²) in [5.74, 6) is 0.763. The van der Waals surface area contributed by atoms with Crippen LogP contribution in [-0.2, 0) is 11.2 Å². The molecule has 1 aliphatic rings. The second-order valence-electron chi connectivity index (χ2n) is 4.91. The van der Waals surface area contributed by atoms with Gasteiger partial charge >= 0.3 is 0 Å². The largest absolute Gasteiger partial charge is 0.481 e. The Kier molecular flexibility index (Phi) is 4.80. The van der Waals surface area contributed by atoms with E-state index in [0.717, 1.165) is 31.5 Å². The second-order valence-corrected chi connectivity index (χ2v) is 4.91. The molecular weight excluding hydrogens is 242 g/mol. The van der Waals surface area contributed by atoms with Crippen LogP contribution in [0.15, 0.2) is 24.3 Å². The first-order valence-electron chi connectivity index (χ1n) is 6.86. The van der Waals surface area contributed by atoms with E-state index in [1.807, 2.05) is 29.2 Å². The Morgan fingerprint density at radius 3 is 2.53 bits per heavy atom. The van der Waals surface area contributed by atoms with Gasteiger partial charge < -0.3 is 14.7 Å². The van der Waals surface area contributed by atoms with Crippen molar-refractivity contribution >= 4 is 5.91 Å². The van der Waals surface area contributed by atoms with E-state index in [0.29, 0.717) is 12.2 Å². The molecule has 1 unspecified atom stereocenters. The van der Waals surface area contributed by atoms with Crippen LogP contribution in [0.25, 0.3) is 0 Å². The number of aliphatic hydroxyl groups is 1. The van der Waals surface area contributed by atoms with E-state index in [-0.39, 0.29) is 12.5 Å². The lowest BCUT2D eigenvalue weighted by Crippen LogP contribution is -2.38. The zero-order valence-corrected chi connectivity index (χ0v) is 11.3. The van der Waals surface area contributed by atoms with Gasteiger partial charge in [-0.1, -0.05) is 12.1 Å². The molecule has 0 aliphatic carbocycles. The predicted octanol–water partition coefficient (Wildman–Crippen LogP) is 1.61. The normalized spacial score (nSPS) is 16.4. The Morgan fingerprint density at radius 2 is 1.95 bits per heavy atom. The highest BCUT2D eigenvalue weighted by atomic mass is 16.5. The van der Waals surface area contributed by atoms with Crippen LogP contribution in [-0.4, -0.2) is 41.7 Å². The van der Waals surface area contributed by atoms with Gasteiger partial charge in [-0.3, -0.25) is 4.79 Å². The van der Waals surface area contributed by atoms with Crippen LogP contribution in [0.5, 0.6) is 5.75 Å². The maximum absolute atomic E-state index is 12.1. The van der Waals surface area contributed by atoms with Gasteiger partial charge in [-0.2, -0.15) is 0 Å². The lowest BCUT2D eigenvalue weighted by atomic mass is 10.1. The number of carbonyl (C=O) groups excluding carboxylic acids is 1. The lowest BCUT2D eigenvalue weighted by molar-refractivity contribution is -0.136. The van der Waals surface area contributed by atoms with Crippen LogP contribution < -0.4 is 4.74 Å². The molecule has 0 spiro atoms. The molecule has 4 heteroatoms. The van der Waals surface area contributed by atoms with Crippen LogP contribution in [0.1, 0.15) is 25.3 Å². The van der Waals surface area contributed by atoms with Crippen LogP contribution >= 0.6 is 0 Å². The van der Waals surface area contributed by atoms with E-state index in [2.05, 4.69) is 0 Å². The number of ether oxygens (including phenoxy) is 1. The molecule has 1 aliphatic heterocycles. The Balaban J connectivity index is 1.90. The fourth-order valence-electron chi connectivity index (χ4n) is 2.31. The number of rotatable bonds is 5. The number of amides is 1. The van der Waals surface area contributed by atoms with Crippen molar-refractivity contribution in [3.8, 4) is 5.75 Å². The molecule has 1 aromatic rings. The molecule has 4 nitrogen and oxygen atoms in total. The Bertz CT molecular complexity index is 410. The van der Waals surface area contributed by atoms with Gasteiger partial charge in [-0.25, -0.2) is 0 Å². The van der Waals surface area contributed by atoms with Crippen LogP contribution in [0.2, 0.25) is 0 Å². The average molecular weight is 263 g/mol. The Morgan fingerprint density at radius 1 is 1.32 bits per heavy atom. The van der Waals surface area contributed by atoms with E-state index in [1.54, 1.807) is 6.92 Å². The summed E-state index contributed by atoms with van der Waals surface area (Å²) < 4.78 is 5.67. The van der Waals surface area contributed by atoms with Gasteiger partial charge in [0.25, 0.3) is 5.91 Å². The summed E-state index contributed by atoms with van der Waals surface area (Å²) in [5.41, 5.74) is 1.06. The number of nitrogens with zero attached hydrogens (tertiary/aromatic N) is 1.